The van der Waals surface area contributed by atoms with Crippen LogP contribution < -0.4 is 5.32 Å². The Morgan fingerprint density at radius 2 is 1.91 bits per heavy atom. The number of hydrogen-bond donors (Lipinski definition) is 1. The summed E-state index contributed by atoms with van der Waals surface area (Å²) in [6.45, 7) is 0.673. The first-order valence-corrected chi connectivity index (χ1v) is 9.54. The van der Waals surface area contributed by atoms with Gasteiger partial charge in [0.1, 0.15) is 0 Å². The van der Waals surface area contributed by atoms with Crippen LogP contribution in [-0.4, -0.2) is 49.2 Å². The molecule has 6 nitrogen and oxygen atoms in total. The molecule has 1 N–H and O–H groups in total. The zero-order valence-corrected chi connectivity index (χ0v) is 13.5. The summed E-state index contributed by atoms with van der Waals surface area (Å²) in [4.78, 5) is 12.5. The van der Waals surface area contributed by atoms with Crippen molar-refractivity contribution in [2.24, 2.45) is 5.92 Å². The van der Waals surface area contributed by atoms with E-state index in [2.05, 4.69) is 5.32 Å². The van der Waals surface area contributed by atoms with E-state index >= 15 is 0 Å². The molecule has 3 aliphatic rings. The lowest BCUT2D eigenvalue weighted by Crippen LogP contribution is -2.48. The van der Waals surface area contributed by atoms with E-state index in [1.165, 1.54) is 0 Å². The highest BCUT2D eigenvalue weighted by Crippen LogP contribution is 2.38. The van der Waals surface area contributed by atoms with Crippen molar-refractivity contribution in [3.05, 3.63) is 30.3 Å². The molecule has 1 aromatic carbocycles. The van der Waals surface area contributed by atoms with Gasteiger partial charge in [-0.25, -0.2) is 8.42 Å². The van der Waals surface area contributed by atoms with Crippen molar-refractivity contribution in [2.45, 2.75) is 36.7 Å². The minimum atomic E-state index is -3.20. The molecule has 0 unspecified atom stereocenters. The summed E-state index contributed by atoms with van der Waals surface area (Å²) < 4.78 is 32.2. The van der Waals surface area contributed by atoms with Crippen LogP contribution in [0.15, 0.2) is 30.3 Å². The maximum absolute atomic E-state index is 12.5. The fourth-order valence-corrected chi connectivity index (χ4v) is 5.32. The highest BCUT2D eigenvalue weighted by atomic mass is 32.2. The smallest absolute Gasteiger partial charge is 0.230 e. The molecule has 1 aliphatic carbocycles. The van der Waals surface area contributed by atoms with E-state index in [0.29, 0.717) is 19.5 Å². The van der Waals surface area contributed by atoms with Crippen molar-refractivity contribution in [3.63, 3.8) is 0 Å². The minimum absolute atomic E-state index is 0.0885. The van der Waals surface area contributed by atoms with Gasteiger partial charge in [-0.1, -0.05) is 18.2 Å². The number of benzene rings is 1. The number of sulfonamides is 1. The monoisotopic (exact) mass is 336 g/mol. The summed E-state index contributed by atoms with van der Waals surface area (Å²) in [6.07, 6.45) is 1.58. The second kappa shape index (κ2) is 5.58. The summed E-state index contributed by atoms with van der Waals surface area (Å²) in [7, 11) is -3.20. The van der Waals surface area contributed by atoms with E-state index in [1.807, 2.05) is 30.3 Å². The number of morpholine rings is 1. The van der Waals surface area contributed by atoms with Crippen LogP contribution in [0, 0.1) is 5.92 Å². The van der Waals surface area contributed by atoms with Gasteiger partial charge in [-0.05, 0) is 31.4 Å². The van der Waals surface area contributed by atoms with E-state index in [0.717, 1.165) is 18.5 Å². The maximum atomic E-state index is 12.5. The van der Waals surface area contributed by atoms with Crippen LogP contribution in [0.5, 0.6) is 0 Å². The van der Waals surface area contributed by atoms with Gasteiger partial charge in [-0.3, -0.25) is 4.79 Å². The van der Waals surface area contributed by atoms with Gasteiger partial charge in [-0.15, -0.1) is 0 Å². The van der Waals surface area contributed by atoms with Crippen LogP contribution >= 0.6 is 0 Å². The molecule has 1 aromatic rings. The third-order valence-corrected chi connectivity index (χ3v) is 7.14. The first kappa shape index (κ1) is 15.1. The average Bonchev–Trinajstić information content (AvgIpc) is 3.35. The van der Waals surface area contributed by atoms with E-state index in [-0.39, 0.29) is 29.3 Å². The Morgan fingerprint density at radius 1 is 1.17 bits per heavy atom. The van der Waals surface area contributed by atoms with Gasteiger partial charge in [-0.2, -0.15) is 4.31 Å². The Balaban J connectivity index is 1.45. The highest BCUT2D eigenvalue weighted by Gasteiger charge is 2.50. The third kappa shape index (κ3) is 2.88. The zero-order valence-electron chi connectivity index (χ0n) is 12.7. The number of carbonyl (C=O) groups is 1. The lowest BCUT2D eigenvalue weighted by Gasteiger charge is -2.32. The van der Waals surface area contributed by atoms with Gasteiger partial charge in [0.05, 0.1) is 23.4 Å². The number of amides is 1. The fourth-order valence-electron chi connectivity index (χ4n) is 3.44. The van der Waals surface area contributed by atoms with E-state index in [4.69, 9.17) is 4.74 Å². The number of ether oxygens (including phenoxy) is 1. The molecule has 7 heteroatoms. The van der Waals surface area contributed by atoms with Crippen LogP contribution in [0.25, 0.3) is 0 Å². The molecule has 0 radical (unpaired) electrons. The molecule has 1 amide bonds. The molecule has 2 saturated heterocycles. The molecular weight excluding hydrogens is 316 g/mol. The third-order valence-electron chi connectivity index (χ3n) is 4.81. The number of hydrogen-bond acceptors (Lipinski definition) is 4. The molecular formula is C16H20N2O4S. The molecule has 4 rings (SSSR count). The molecule has 2 aliphatic heterocycles. The Morgan fingerprint density at radius 3 is 2.61 bits per heavy atom. The molecule has 0 spiro atoms. The Kier molecular flexibility index (Phi) is 3.66. The van der Waals surface area contributed by atoms with Crippen LogP contribution in [0.2, 0.25) is 0 Å². The summed E-state index contributed by atoms with van der Waals surface area (Å²) in [5, 5.41) is 2.69. The standard InChI is InChI=1S/C16H20N2O4S/c19-16(17-11-4-2-1-3-5-11)14-8-12-9-18(10-15(14)22-12)23(20,21)13-6-7-13/h1-5,12-15H,6-10H2,(H,17,19)/t12-,14+,15-/m0/s1. The molecule has 124 valence electrons. The van der Waals surface area contributed by atoms with Crippen LogP contribution in [0.4, 0.5) is 5.69 Å². The summed E-state index contributed by atoms with van der Waals surface area (Å²) in [5.41, 5.74) is 0.751. The molecule has 1 saturated carbocycles. The van der Waals surface area contributed by atoms with Gasteiger partial charge in [0.25, 0.3) is 0 Å². The van der Waals surface area contributed by atoms with Crippen molar-refractivity contribution < 1.29 is 17.9 Å². The molecule has 2 bridgehead atoms. The van der Waals surface area contributed by atoms with Crippen molar-refractivity contribution >= 4 is 21.6 Å². The number of nitrogens with zero attached hydrogens (tertiary/aromatic N) is 1. The second-order valence-corrected chi connectivity index (χ2v) is 8.77. The summed E-state index contributed by atoms with van der Waals surface area (Å²) in [5.74, 6) is -0.381. The van der Waals surface area contributed by atoms with Gasteiger partial charge >= 0.3 is 0 Å². The van der Waals surface area contributed by atoms with Crippen LogP contribution in [0.3, 0.4) is 0 Å². The maximum Gasteiger partial charge on any atom is 0.230 e. The van der Waals surface area contributed by atoms with Gasteiger partial charge in [0, 0.05) is 18.8 Å². The predicted molar refractivity (Wildman–Crippen MR) is 85.4 cm³/mol. The first-order valence-electron chi connectivity index (χ1n) is 8.04. The number of anilines is 1. The van der Waals surface area contributed by atoms with Crippen molar-refractivity contribution in [1.82, 2.24) is 4.31 Å². The lowest BCUT2D eigenvalue weighted by molar-refractivity contribution is -0.122. The van der Waals surface area contributed by atoms with Crippen LogP contribution in [0.1, 0.15) is 19.3 Å². The normalized spacial score (nSPS) is 31.0. The van der Waals surface area contributed by atoms with Gasteiger partial charge < -0.3 is 10.1 Å². The number of fused-ring (bicyclic) bond motifs is 2. The number of para-hydroxylation sites is 1. The predicted octanol–water partition coefficient (Wildman–Crippen LogP) is 1.21. The van der Waals surface area contributed by atoms with E-state index in [1.54, 1.807) is 4.31 Å². The fraction of sp³-hybridized carbons (Fsp3) is 0.562. The zero-order chi connectivity index (χ0) is 16.0. The molecule has 3 atom stereocenters. The molecule has 0 aromatic heterocycles. The molecule has 3 fully saturated rings. The van der Waals surface area contributed by atoms with Crippen molar-refractivity contribution in [1.29, 1.82) is 0 Å². The first-order chi connectivity index (χ1) is 11.0. The average molecular weight is 336 g/mol. The minimum Gasteiger partial charge on any atom is -0.371 e. The summed E-state index contributed by atoms with van der Waals surface area (Å²) >= 11 is 0. The number of nitrogens with one attached hydrogen (secondary N) is 1. The second-order valence-electron chi connectivity index (χ2n) is 6.56. The van der Waals surface area contributed by atoms with Gasteiger partial charge in [0.2, 0.25) is 15.9 Å². The van der Waals surface area contributed by atoms with Crippen LogP contribution in [-0.2, 0) is 19.6 Å². The quantitative estimate of drug-likeness (QED) is 0.897. The number of rotatable bonds is 4. The van der Waals surface area contributed by atoms with Crippen molar-refractivity contribution in [2.75, 3.05) is 18.4 Å². The van der Waals surface area contributed by atoms with E-state index in [9.17, 15) is 13.2 Å². The Bertz CT molecular complexity index is 702. The Labute approximate surface area is 135 Å². The van der Waals surface area contributed by atoms with Crippen molar-refractivity contribution in [3.8, 4) is 0 Å². The number of carbonyl (C=O) groups excluding carboxylic acids is 1. The van der Waals surface area contributed by atoms with Gasteiger partial charge in [0.15, 0.2) is 0 Å². The topological polar surface area (TPSA) is 75.7 Å². The molecule has 2 heterocycles. The SMILES string of the molecule is O=C(Nc1ccccc1)[C@@H]1C[C@H]2CN(S(=O)(=O)C3CC3)C[C@@H]1O2. The Hall–Kier alpha value is -1.44. The lowest BCUT2D eigenvalue weighted by atomic mass is 9.99. The highest BCUT2D eigenvalue weighted by molar-refractivity contribution is 7.90. The van der Waals surface area contributed by atoms with E-state index < -0.39 is 10.0 Å². The molecule has 23 heavy (non-hydrogen) atoms. The summed E-state index contributed by atoms with van der Waals surface area (Å²) in [6, 6.07) is 9.29. The largest absolute Gasteiger partial charge is 0.371 e.